The Kier molecular flexibility index (Phi) is 3.90. The van der Waals surface area contributed by atoms with Gasteiger partial charge in [0.25, 0.3) is 0 Å². The van der Waals surface area contributed by atoms with Gasteiger partial charge in [-0.05, 0) is 31.0 Å². The SMILES string of the molecule is Nc1cc(F)cc(S(=O)(=O)N2CCOC3CCCCC32)c1. The maximum absolute atomic E-state index is 13.5. The van der Waals surface area contributed by atoms with Crippen molar-refractivity contribution in [3.63, 3.8) is 0 Å². The van der Waals surface area contributed by atoms with Crippen molar-refractivity contribution in [2.45, 2.75) is 42.7 Å². The van der Waals surface area contributed by atoms with Gasteiger partial charge in [-0.3, -0.25) is 0 Å². The summed E-state index contributed by atoms with van der Waals surface area (Å²) < 4.78 is 46.2. The number of nitrogens with two attached hydrogens (primary N) is 1. The number of nitrogens with zero attached hydrogens (tertiary/aromatic N) is 1. The number of sulfonamides is 1. The summed E-state index contributed by atoms with van der Waals surface area (Å²) in [5.41, 5.74) is 5.68. The first-order valence-corrected chi connectivity index (χ1v) is 8.62. The smallest absolute Gasteiger partial charge is 0.243 e. The van der Waals surface area contributed by atoms with Gasteiger partial charge in [-0.1, -0.05) is 12.8 Å². The number of anilines is 1. The van der Waals surface area contributed by atoms with E-state index >= 15 is 0 Å². The molecule has 2 aliphatic rings. The lowest BCUT2D eigenvalue weighted by Crippen LogP contribution is -2.54. The molecule has 7 heteroatoms. The van der Waals surface area contributed by atoms with Crippen molar-refractivity contribution in [2.24, 2.45) is 0 Å². The number of nitrogen functional groups attached to an aromatic ring is 1. The topological polar surface area (TPSA) is 72.6 Å². The second-order valence-corrected chi connectivity index (χ2v) is 7.49. The van der Waals surface area contributed by atoms with Crippen LogP contribution in [0.2, 0.25) is 0 Å². The zero-order valence-electron chi connectivity index (χ0n) is 11.7. The van der Waals surface area contributed by atoms with E-state index in [0.29, 0.717) is 13.2 Å². The minimum atomic E-state index is -3.74. The molecule has 1 aromatic carbocycles. The highest BCUT2D eigenvalue weighted by molar-refractivity contribution is 7.89. The van der Waals surface area contributed by atoms with E-state index in [2.05, 4.69) is 0 Å². The fourth-order valence-electron chi connectivity index (χ4n) is 3.23. The Bertz CT molecular complexity index is 613. The second-order valence-electron chi connectivity index (χ2n) is 5.60. The standard InChI is InChI=1S/C14H19FN2O3S/c15-10-7-11(16)9-12(8-10)21(18,19)17-5-6-20-14-4-2-1-3-13(14)17/h7-9,13-14H,1-6,16H2. The van der Waals surface area contributed by atoms with Gasteiger partial charge in [-0.2, -0.15) is 4.31 Å². The Morgan fingerprint density at radius 1 is 1.24 bits per heavy atom. The van der Waals surface area contributed by atoms with Crippen LogP contribution in [0.4, 0.5) is 10.1 Å². The lowest BCUT2D eigenvalue weighted by Gasteiger charge is -2.42. The third-order valence-corrected chi connectivity index (χ3v) is 6.08. The molecule has 2 atom stereocenters. The van der Waals surface area contributed by atoms with Crippen molar-refractivity contribution in [3.8, 4) is 0 Å². The minimum absolute atomic E-state index is 0.0480. The molecule has 1 saturated carbocycles. The van der Waals surface area contributed by atoms with Gasteiger partial charge in [0.2, 0.25) is 10.0 Å². The van der Waals surface area contributed by atoms with Crippen LogP contribution in [0.1, 0.15) is 25.7 Å². The van der Waals surface area contributed by atoms with Crippen LogP contribution in [-0.4, -0.2) is 38.0 Å². The molecule has 1 aromatic rings. The highest BCUT2D eigenvalue weighted by Crippen LogP contribution is 2.32. The molecule has 5 nitrogen and oxygen atoms in total. The van der Waals surface area contributed by atoms with Gasteiger partial charge in [0.1, 0.15) is 5.82 Å². The molecule has 1 aliphatic carbocycles. The summed E-state index contributed by atoms with van der Waals surface area (Å²) >= 11 is 0. The van der Waals surface area contributed by atoms with Gasteiger partial charge in [-0.25, -0.2) is 12.8 Å². The predicted octanol–water partition coefficient (Wildman–Crippen LogP) is 1.74. The normalized spacial score (nSPS) is 27.3. The quantitative estimate of drug-likeness (QED) is 0.844. The van der Waals surface area contributed by atoms with Crippen molar-refractivity contribution in [2.75, 3.05) is 18.9 Å². The van der Waals surface area contributed by atoms with Gasteiger partial charge in [0, 0.05) is 12.2 Å². The summed E-state index contributed by atoms with van der Waals surface area (Å²) in [5.74, 6) is -0.637. The maximum Gasteiger partial charge on any atom is 0.243 e. The summed E-state index contributed by atoms with van der Waals surface area (Å²) in [6, 6.07) is 3.30. The molecule has 0 amide bonds. The van der Waals surface area contributed by atoms with Crippen LogP contribution in [0.15, 0.2) is 23.1 Å². The Labute approximate surface area is 123 Å². The van der Waals surface area contributed by atoms with E-state index in [4.69, 9.17) is 10.5 Å². The molecule has 2 unspecified atom stereocenters. The number of fused-ring (bicyclic) bond motifs is 1. The number of ether oxygens (including phenoxy) is 1. The van der Waals surface area contributed by atoms with Crippen LogP contribution in [-0.2, 0) is 14.8 Å². The summed E-state index contributed by atoms with van der Waals surface area (Å²) in [6.07, 6.45) is 3.66. The van der Waals surface area contributed by atoms with E-state index in [1.54, 1.807) is 0 Å². The predicted molar refractivity (Wildman–Crippen MR) is 76.7 cm³/mol. The monoisotopic (exact) mass is 314 g/mol. The van der Waals surface area contributed by atoms with Gasteiger partial charge < -0.3 is 10.5 Å². The Balaban J connectivity index is 1.96. The third-order valence-electron chi connectivity index (χ3n) is 4.18. The van der Waals surface area contributed by atoms with E-state index in [-0.39, 0.29) is 22.7 Å². The average Bonchev–Trinajstić information content (AvgIpc) is 2.45. The molecule has 0 aromatic heterocycles. The van der Waals surface area contributed by atoms with Gasteiger partial charge in [-0.15, -0.1) is 0 Å². The summed E-state index contributed by atoms with van der Waals surface area (Å²) in [7, 11) is -3.74. The molecule has 0 radical (unpaired) electrons. The molecular formula is C14H19FN2O3S. The third kappa shape index (κ3) is 2.77. The van der Waals surface area contributed by atoms with E-state index in [0.717, 1.165) is 37.8 Å². The summed E-state index contributed by atoms with van der Waals surface area (Å²) in [4.78, 5) is -0.0776. The van der Waals surface area contributed by atoms with Crippen LogP contribution in [0.25, 0.3) is 0 Å². The fraction of sp³-hybridized carbons (Fsp3) is 0.571. The average molecular weight is 314 g/mol. The van der Waals surface area contributed by atoms with Crippen LogP contribution in [0, 0.1) is 5.82 Å². The zero-order valence-corrected chi connectivity index (χ0v) is 12.5. The Morgan fingerprint density at radius 3 is 2.76 bits per heavy atom. The first kappa shape index (κ1) is 14.7. The lowest BCUT2D eigenvalue weighted by atomic mass is 9.91. The highest BCUT2D eigenvalue weighted by atomic mass is 32.2. The van der Waals surface area contributed by atoms with Gasteiger partial charge >= 0.3 is 0 Å². The molecular weight excluding hydrogens is 295 g/mol. The van der Waals surface area contributed by atoms with Crippen LogP contribution >= 0.6 is 0 Å². The van der Waals surface area contributed by atoms with Crippen LogP contribution < -0.4 is 5.73 Å². The second kappa shape index (κ2) is 5.55. The minimum Gasteiger partial charge on any atom is -0.399 e. The molecule has 1 heterocycles. The largest absolute Gasteiger partial charge is 0.399 e. The molecule has 1 saturated heterocycles. The number of hydrogen-bond acceptors (Lipinski definition) is 4. The summed E-state index contributed by atoms with van der Waals surface area (Å²) in [5, 5.41) is 0. The van der Waals surface area contributed by atoms with E-state index in [9.17, 15) is 12.8 Å². The highest BCUT2D eigenvalue weighted by Gasteiger charge is 2.40. The lowest BCUT2D eigenvalue weighted by molar-refractivity contribution is -0.0586. The first-order valence-electron chi connectivity index (χ1n) is 7.18. The molecule has 2 fully saturated rings. The molecule has 3 rings (SSSR count). The fourth-order valence-corrected chi connectivity index (χ4v) is 4.96. The number of halogens is 1. The van der Waals surface area contributed by atoms with Gasteiger partial charge in [0.05, 0.1) is 23.6 Å². The van der Waals surface area contributed by atoms with Crippen LogP contribution in [0.5, 0.6) is 0 Å². The number of benzene rings is 1. The summed E-state index contributed by atoms with van der Waals surface area (Å²) in [6.45, 7) is 0.686. The Hall–Kier alpha value is -1.18. The van der Waals surface area contributed by atoms with Crippen molar-refractivity contribution in [1.29, 1.82) is 0 Å². The number of morpholine rings is 1. The van der Waals surface area contributed by atoms with E-state index < -0.39 is 15.8 Å². The van der Waals surface area contributed by atoms with Crippen molar-refractivity contribution >= 4 is 15.7 Å². The zero-order chi connectivity index (χ0) is 15.0. The Morgan fingerprint density at radius 2 is 2.00 bits per heavy atom. The molecule has 0 bridgehead atoms. The molecule has 2 N–H and O–H groups in total. The molecule has 1 aliphatic heterocycles. The van der Waals surface area contributed by atoms with Crippen LogP contribution in [0.3, 0.4) is 0 Å². The van der Waals surface area contributed by atoms with Gasteiger partial charge in [0.15, 0.2) is 0 Å². The molecule has 0 spiro atoms. The maximum atomic E-state index is 13.5. The van der Waals surface area contributed by atoms with E-state index in [1.807, 2.05) is 0 Å². The molecule has 21 heavy (non-hydrogen) atoms. The van der Waals surface area contributed by atoms with Crippen molar-refractivity contribution in [3.05, 3.63) is 24.0 Å². The van der Waals surface area contributed by atoms with Crippen molar-refractivity contribution < 1.29 is 17.5 Å². The van der Waals surface area contributed by atoms with E-state index in [1.165, 1.54) is 10.4 Å². The van der Waals surface area contributed by atoms with Crippen molar-refractivity contribution in [1.82, 2.24) is 4.31 Å². The number of rotatable bonds is 2. The molecule has 116 valence electrons. The number of hydrogen-bond donors (Lipinski definition) is 1. The first-order chi connectivity index (χ1) is 9.98.